The highest BCUT2D eigenvalue weighted by atomic mass is 35.5. The Bertz CT molecular complexity index is 960. The average Bonchev–Trinajstić information content (AvgIpc) is 2.60. The molecular weight excluding hydrogens is 338 g/mol. The molecular formula is C19H16ClN3O2. The van der Waals surface area contributed by atoms with E-state index in [1.807, 2.05) is 18.9 Å². The van der Waals surface area contributed by atoms with Gasteiger partial charge in [-0.15, -0.1) is 0 Å². The van der Waals surface area contributed by atoms with Gasteiger partial charge in [0.1, 0.15) is 0 Å². The van der Waals surface area contributed by atoms with Crippen LogP contribution in [0.5, 0.6) is 0 Å². The number of hydrogen-bond donors (Lipinski definition) is 1. The Labute approximate surface area is 149 Å². The molecule has 1 N–H and O–H groups in total. The van der Waals surface area contributed by atoms with Crippen molar-refractivity contribution in [2.45, 2.75) is 13.3 Å². The second kappa shape index (κ2) is 6.93. The van der Waals surface area contributed by atoms with Crippen LogP contribution in [0.3, 0.4) is 0 Å². The lowest BCUT2D eigenvalue weighted by molar-refractivity contribution is 0.100. The number of ketones is 1. The van der Waals surface area contributed by atoms with E-state index < -0.39 is 0 Å². The highest BCUT2D eigenvalue weighted by Crippen LogP contribution is 2.25. The fraction of sp³-hybridized carbons (Fsp3) is 0.158. The molecule has 0 aliphatic carbocycles. The summed E-state index contributed by atoms with van der Waals surface area (Å²) in [6.07, 6.45) is 2.25. The number of rotatable bonds is 4. The zero-order valence-electron chi connectivity index (χ0n) is 13.8. The van der Waals surface area contributed by atoms with E-state index in [1.54, 1.807) is 36.4 Å². The minimum Gasteiger partial charge on any atom is -0.338 e. The molecule has 0 spiro atoms. The van der Waals surface area contributed by atoms with Gasteiger partial charge in [-0.2, -0.15) is 5.10 Å². The molecule has 1 aliphatic rings. The number of benzene rings is 1. The molecule has 1 aromatic carbocycles. The number of aromatic nitrogens is 2. The Hall–Kier alpha value is -2.88. The smallest absolute Gasteiger partial charge is 0.264 e. The number of likely N-dealkylation sites (N-methyl/N-ethyl adjacent to an activating group) is 1. The van der Waals surface area contributed by atoms with E-state index >= 15 is 0 Å². The minimum absolute atomic E-state index is 0.0821. The summed E-state index contributed by atoms with van der Waals surface area (Å²) < 4.78 is 0. The zero-order valence-corrected chi connectivity index (χ0v) is 14.6. The predicted molar refractivity (Wildman–Crippen MR) is 96.4 cm³/mol. The molecule has 0 atom stereocenters. The lowest BCUT2D eigenvalue weighted by atomic mass is 10.0. The van der Waals surface area contributed by atoms with E-state index in [1.165, 1.54) is 6.07 Å². The van der Waals surface area contributed by atoms with Crippen LogP contribution < -0.4 is 5.56 Å². The molecule has 126 valence electrons. The van der Waals surface area contributed by atoms with Gasteiger partial charge in [-0.3, -0.25) is 9.59 Å². The topological polar surface area (TPSA) is 66.1 Å². The molecule has 3 rings (SSSR count). The van der Waals surface area contributed by atoms with Crippen LogP contribution in [0.2, 0.25) is 5.02 Å². The Morgan fingerprint density at radius 1 is 1.24 bits per heavy atom. The molecule has 0 unspecified atom stereocenters. The zero-order chi connectivity index (χ0) is 18.0. The fourth-order valence-electron chi connectivity index (χ4n) is 2.64. The van der Waals surface area contributed by atoms with E-state index in [0.717, 1.165) is 11.3 Å². The molecule has 0 saturated carbocycles. The van der Waals surface area contributed by atoms with Gasteiger partial charge in [0.15, 0.2) is 0 Å². The Balaban J connectivity index is 1.88. The molecule has 0 saturated heterocycles. The van der Waals surface area contributed by atoms with Gasteiger partial charge < -0.3 is 4.90 Å². The first kappa shape index (κ1) is 17.0. The summed E-state index contributed by atoms with van der Waals surface area (Å²) in [6.45, 7) is 1.88. The quantitative estimate of drug-likeness (QED) is 0.677. The van der Waals surface area contributed by atoms with Crippen LogP contribution in [0.25, 0.3) is 0 Å². The van der Waals surface area contributed by atoms with E-state index in [2.05, 4.69) is 15.9 Å². The van der Waals surface area contributed by atoms with Crippen molar-refractivity contribution < 1.29 is 4.79 Å². The summed E-state index contributed by atoms with van der Waals surface area (Å²) in [6, 6.07) is 9.91. The number of carbonyl (C=O) groups is 1. The fourth-order valence-corrected chi connectivity index (χ4v) is 2.76. The van der Waals surface area contributed by atoms with Gasteiger partial charge in [0.25, 0.3) is 5.56 Å². The molecule has 0 fully saturated rings. The SMILES string of the molecule is CC1=C(C(=O)c2ccc(Cl)cc2)N(C)C(Cc2ccc(=O)[nH]n2)=C=C1. The Kier molecular flexibility index (Phi) is 4.70. The van der Waals surface area contributed by atoms with Crippen molar-refractivity contribution in [1.29, 1.82) is 0 Å². The third-order valence-corrected chi connectivity index (χ3v) is 4.23. The molecule has 5 nitrogen and oxygen atoms in total. The first-order valence-electron chi connectivity index (χ1n) is 7.71. The average molecular weight is 354 g/mol. The lowest BCUT2D eigenvalue weighted by Crippen LogP contribution is -2.27. The normalized spacial score (nSPS) is 13.9. The van der Waals surface area contributed by atoms with Crippen LogP contribution in [0.4, 0.5) is 0 Å². The molecule has 1 aromatic heterocycles. The summed E-state index contributed by atoms with van der Waals surface area (Å²) >= 11 is 5.90. The van der Waals surface area contributed by atoms with Gasteiger partial charge in [-0.1, -0.05) is 17.3 Å². The highest BCUT2D eigenvalue weighted by molar-refractivity contribution is 6.30. The van der Waals surface area contributed by atoms with Crippen molar-refractivity contribution in [3.63, 3.8) is 0 Å². The van der Waals surface area contributed by atoms with Crippen molar-refractivity contribution in [3.8, 4) is 0 Å². The van der Waals surface area contributed by atoms with E-state index in [4.69, 9.17) is 11.6 Å². The minimum atomic E-state index is -0.250. The Morgan fingerprint density at radius 2 is 1.96 bits per heavy atom. The second-order valence-electron chi connectivity index (χ2n) is 5.75. The van der Waals surface area contributed by atoms with Gasteiger partial charge in [-0.05, 0) is 48.9 Å². The van der Waals surface area contributed by atoms with Gasteiger partial charge in [0, 0.05) is 30.1 Å². The summed E-state index contributed by atoms with van der Waals surface area (Å²) in [4.78, 5) is 25.9. The Morgan fingerprint density at radius 3 is 2.60 bits per heavy atom. The summed E-state index contributed by atoms with van der Waals surface area (Å²) in [5.74, 6) is -0.0821. The molecule has 0 amide bonds. The van der Waals surface area contributed by atoms with Gasteiger partial charge >= 0.3 is 0 Å². The molecule has 1 aliphatic heterocycles. The van der Waals surface area contributed by atoms with Crippen LogP contribution in [0.15, 0.2) is 70.0 Å². The maximum atomic E-state index is 12.9. The third-order valence-electron chi connectivity index (χ3n) is 3.98. The molecule has 2 heterocycles. The number of nitrogens with one attached hydrogen (secondary N) is 1. The van der Waals surface area contributed by atoms with Crippen molar-refractivity contribution >= 4 is 17.4 Å². The highest BCUT2D eigenvalue weighted by Gasteiger charge is 2.23. The van der Waals surface area contributed by atoms with E-state index in [0.29, 0.717) is 28.4 Å². The maximum absolute atomic E-state index is 12.9. The summed E-state index contributed by atoms with van der Waals surface area (Å²) in [7, 11) is 1.83. The summed E-state index contributed by atoms with van der Waals surface area (Å²) in [5.41, 5.74) is 6.41. The molecule has 0 radical (unpaired) electrons. The molecule has 0 bridgehead atoms. The van der Waals surface area contributed by atoms with Crippen LogP contribution in [0.1, 0.15) is 23.0 Å². The lowest BCUT2D eigenvalue weighted by Gasteiger charge is -2.27. The van der Waals surface area contributed by atoms with E-state index in [-0.39, 0.29) is 11.3 Å². The largest absolute Gasteiger partial charge is 0.338 e. The van der Waals surface area contributed by atoms with Crippen molar-refractivity contribution in [2.75, 3.05) is 7.05 Å². The first-order valence-corrected chi connectivity index (χ1v) is 8.08. The van der Waals surface area contributed by atoms with Crippen LogP contribution in [-0.4, -0.2) is 27.9 Å². The van der Waals surface area contributed by atoms with Crippen molar-refractivity contribution in [3.05, 3.63) is 91.8 Å². The van der Waals surface area contributed by atoms with Crippen LogP contribution in [-0.2, 0) is 6.42 Å². The number of allylic oxidation sites excluding steroid dienone is 3. The molecule has 2 aromatic rings. The number of nitrogens with zero attached hydrogens (tertiary/aromatic N) is 2. The number of carbonyl (C=O) groups excluding carboxylic acids is 1. The molecule has 25 heavy (non-hydrogen) atoms. The predicted octanol–water partition coefficient (Wildman–Crippen LogP) is 3.11. The van der Waals surface area contributed by atoms with Crippen molar-refractivity contribution in [1.82, 2.24) is 15.1 Å². The van der Waals surface area contributed by atoms with Crippen LogP contribution >= 0.6 is 11.6 Å². The number of hydrogen-bond acceptors (Lipinski definition) is 4. The third kappa shape index (κ3) is 3.63. The maximum Gasteiger partial charge on any atom is 0.264 e. The van der Waals surface area contributed by atoms with Gasteiger partial charge in [0.05, 0.1) is 17.1 Å². The molecule has 6 heteroatoms. The monoisotopic (exact) mass is 353 g/mol. The second-order valence-corrected chi connectivity index (χ2v) is 6.19. The number of aromatic amines is 1. The van der Waals surface area contributed by atoms with E-state index in [9.17, 15) is 9.59 Å². The standard InChI is InChI=1S/C19H16ClN3O2/c1-12-3-9-16(11-15-8-10-17(24)22-21-15)23(2)18(12)19(25)13-4-6-14(20)7-5-13/h3-8,10H,11H2,1-2H3,(H,22,24). The van der Waals surface area contributed by atoms with Crippen LogP contribution in [0, 0.1) is 0 Å². The number of Topliss-reactive ketones (excluding diaryl/α,β-unsaturated/α-hetero) is 1. The van der Waals surface area contributed by atoms with Gasteiger partial charge in [-0.25, -0.2) is 5.10 Å². The van der Waals surface area contributed by atoms with Gasteiger partial charge in [0.2, 0.25) is 5.78 Å². The number of H-pyrrole nitrogens is 1. The first-order chi connectivity index (χ1) is 12.0. The number of halogens is 1. The summed E-state index contributed by atoms with van der Waals surface area (Å²) in [5, 5.41) is 7.01. The van der Waals surface area contributed by atoms with Crippen molar-refractivity contribution in [2.24, 2.45) is 0 Å².